The second kappa shape index (κ2) is 6.30. The topological polar surface area (TPSA) is 58.6 Å². The number of para-hydroxylation sites is 1. The van der Waals surface area contributed by atoms with Crippen LogP contribution in [0.25, 0.3) is 0 Å². The van der Waals surface area contributed by atoms with Gasteiger partial charge in [0.25, 0.3) is 0 Å². The number of benzene rings is 1. The first-order chi connectivity index (χ1) is 8.41. The van der Waals surface area contributed by atoms with Gasteiger partial charge in [-0.3, -0.25) is 10.1 Å². The molecule has 0 aliphatic heterocycles. The lowest BCUT2D eigenvalue weighted by Gasteiger charge is -2.20. The Morgan fingerprint density at radius 3 is 2.50 bits per heavy atom. The molecule has 100 valence electrons. The Bertz CT molecular complexity index is 412. The van der Waals surface area contributed by atoms with E-state index >= 15 is 0 Å². The summed E-state index contributed by atoms with van der Waals surface area (Å²) in [5.41, 5.74) is 0.492. The van der Waals surface area contributed by atoms with Crippen LogP contribution in [-0.4, -0.2) is 23.7 Å². The molecule has 0 spiro atoms. The summed E-state index contributed by atoms with van der Waals surface area (Å²) in [5.74, 6) is -0.959. The summed E-state index contributed by atoms with van der Waals surface area (Å²) in [6.07, 6.45) is 0. The second-order valence-electron chi connectivity index (χ2n) is 3.86. The fourth-order valence-electron chi connectivity index (χ4n) is 1.58. The Hall–Kier alpha value is -1.69. The highest BCUT2D eigenvalue weighted by atomic mass is 19.3. The molecule has 0 saturated heterocycles. The molecule has 4 nitrogen and oxygen atoms in total. The molecule has 6 heteroatoms. The molecule has 18 heavy (non-hydrogen) atoms. The standard InChI is InChI=1S/C12H15F2NO3/c1-7(15-8(2)11(16)17)9-5-3-4-6-10(9)18-12(13)14/h3-8,12,15H,1-2H3,(H,16,17). The van der Waals surface area contributed by atoms with Crippen LogP contribution in [0.15, 0.2) is 24.3 Å². The number of alkyl halides is 2. The average Bonchev–Trinajstić information content (AvgIpc) is 2.28. The maximum atomic E-state index is 12.2. The second-order valence-corrected chi connectivity index (χ2v) is 3.86. The fraction of sp³-hybridized carbons (Fsp3) is 0.417. The molecule has 2 unspecified atom stereocenters. The predicted octanol–water partition coefficient (Wildman–Crippen LogP) is 2.41. The number of rotatable bonds is 6. The number of carboxylic acid groups (broad SMARTS) is 1. The van der Waals surface area contributed by atoms with E-state index in [1.807, 2.05) is 0 Å². The number of carboxylic acids is 1. The molecule has 0 aliphatic carbocycles. The lowest BCUT2D eigenvalue weighted by Crippen LogP contribution is -2.35. The van der Waals surface area contributed by atoms with Crippen molar-refractivity contribution in [2.24, 2.45) is 0 Å². The fourth-order valence-corrected chi connectivity index (χ4v) is 1.58. The molecule has 0 radical (unpaired) electrons. The Labute approximate surface area is 104 Å². The van der Waals surface area contributed by atoms with Crippen molar-refractivity contribution in [2.75, 3.05) is 0 Å². The summed E-state index contributed by atoms with van der Waals surface area (Å²) in [4.78, 5) is 10.7. The van der Waals surface area contributed by atoms with E-state index < -0.39 is 24.7 Å². The summed E-state index contributed by atoms with van der Waals surface area (Å²) >= 11 is 0. The highest BCUT2D eigenvalue weighted by Gasteiger charge is 2.18. The summed E-state index contributed by atoms with van der Waals surface area (Å²) in [7, 11) is 0. The largest absolute Gasteiger partial charge is 0.480 e. The number of halogens is 2. The summed E-state index contributed by atoms with van der Waals surface area (Å²) < 4.78 is 28.8. The minimum Gasteiger partial charge on any atom is -0.480 e. The van der Waals surface area contributed by atoms with Crippen LogP contribution in [0, 0.1) is 0 Å². The molecule has 0 fully saturated rings. The zero-order chi connectivity index (χ0) is 13.7. The SMILES string of the molecule is CC(NC(C)c1ccccc1OC(F)F)C(=O)O. The molecule has 0 heterocycles. The highest BCUT2D eigenvalue weighted by Crippen LogP contribution is 2.26. The van der Waals surface area contributed by atoms with Gasteiger partial charge in [0.1, 0.15) is 11.8 Å². The van der Waals surface area contributed by atoms with E-state index in [4.69, 9.17) is 5.11 Å². The van der Waals surface area contributed by atoms with Crippen LogP contribution in [0.5, 0.6) is 5.75 Å². The average molecular weight is 259 g/mol. The third-order valence-electron chi connectivity index (χ3n) is 2.47. The maximum absolute atomic E-state index is 12.2. The number of nitrogens with one attached hydrogen (secondary N) is 1. The quantitative estimate of drug-likeness (QED) is 0.823. The van der Waals surface area contributed by atoms with E-state index in [0.717, 1.165) is 0 Å². The molecular formula is C12H15F2NO3. The van der Waals surface area contributed by atoms with Crippen molar-refractivity contribution in [3.63, 3.8) is 0 Å². The van der Waals surface area contributed by atoms with Crippen molar-refractivity contribution >= 4 is 5.97 Å². The molecule has 0 bridgehead atoms. The first kappa shape index (κ1) is 14.4. The Morgan fingerprint density at radius 2 is 1.94 bits per heavy atom. The first-order valence-electron chi connectivity index (χ1n) is 5.44. The number of ether oxygens (including phenoxy) is 1. The minimum absolute atomic E-state index is 0.0464. The van der Waals surface area contributed by atoms with Crippen LogP contribution in [0.3, 0.4) is 0 Å². The lowest BCUT2D eigenvalue weighted by atomic mass is 10.1. The van der Waals surface area contributed by atoms with Gasteiger partial charge in [-0.2, -0.15) is 8.78 Å². The Morgan fingerprint density at radius 1 is 1.33 bits per heavy atom. The zero-order valence-corrected chi connectivity index (χ0v) is 10.1. The van der Waals surface area contributed by atoms with E-state index in [1.54, 1.807) is 25.1 Å². The Balaban J connectivity index is 2.84. The van der Waals surface area contributed by atoms with Gasteiger partial charge in [0.15, 0.2) is 0 Å². The molecule has 0 amide bonds. The zero-order valence-electron chi connectivity index (χ0n) is 10.1. The van der Waals surface area contributed by atoms with Crippen LogP contribution in [0.4, 0.5) is 8.78 Å². The molecule has 0 aliphatic rings. The van der Waals surface area contributed by atoms with Crippen molar-refractivity contribution in [3.05, 3.63) is 29.8 Å². The summed E-state index contributed by atoms with van der Waals surface area (Å²) in [6.45, 7) is 0.262. The molecule has 2 N–H and O–H groups in total. The van der Waals surface area contributed by atoms with Gasteiger partial charge < -0.3 is 9.84 Å². The van der Waals surface area contributed by atoms with E-state index in [0.29, 0.717) is 5.56 Å². The van der Waals surface area contributed by atoms with Crippen molar-refractivity contribution in [1.29, 1.82) is 0 Å². The van der Waals surface area contributed by atoms with Gasteiger partial charge in [-0.15, -0.1) is 0 Å². The summed E-state index contributed by atoms with van der Waals surface area (Å²) in [5, 5.41) is 11.6. The molecule has 0 saturated carbocycles. The van der Waals surface area contributed by atoms with Crippen molar-refractivity contribution in [1.82, 2.24) is 5.32 Å². The van der Waals surface area contributed by atoms with Gasteiger partial charge in [0.2, 0.25) is 0 Å². The smallest absolute Gasteiger partial charge is 0.387 e. The molecule has 1 aromatic carbocycles. The third kappa shape index (κ3) is 3.96. The normalized spacial score (nSPS) is 14.3. The monoisotopic (exact) mass is 259 g/mol. The molecule has 1 rings (SSSR count). The van der Waals surface area contributed by atoms with Gasteiger partial charge in [0, 0.05) is 11.6 Å². The maximum Gasteiger partial charge on any atom is 0.387 e. The van der Waals surface area contributed by atoms with Gasteiger partial charge in [-0.05, 0) is 19.9 Å². The van der Waals surface area contributed by atoms with Gasteiger partial charge in [-0.1, -0.05) is 18.2 Å². The number of hydrogen-bond acceptors (Lipinski definition) is 3. The van der Waals surface area contributed by atoms with E-state index in [1.165, 1.54) is 13.0 Å². The molecular weight excluding hydrogens is 244 g/mol. The lowest BCUT2D eigenvalue weighted by molar-refractivity contribution is -0.139. The predicted molar refractivity (Wildman–Crippen MR) is 61.7 cm³/mol. The first-order valence-corrected chi connectivity index (χ1v) is 5.44. The molecule has 2 atom stereocenters. The third-order valence-corrected chi connectivity index (χ3v) is 2.47. The number of aliphatic carboxylic acids is 1. The van der Waals surface area contributed by atoms with Crippen LogP contribution >= 0.6 is 0 Å². The van der Waals surface area contributed by atoms with Gasteiger partial charge in [-0.25, -0.2) is 0 Å². The van der Waals surface area contributed by atoms with Crippen molar-refractivity contribution in [2.45, 2.75) is 32.5 Å². The van der Waals surface area contributed by atoms with Crippen molar-refractivity contribution < 1.29 is 23.4 Å². The van der Waals surface area contributed by atoms with E-state index in [-0.39, 0.29) is 5.75 Å². The van der Waals surface area contributed by atoms with Crippen LogP contribution in [0.2, 0.25) is 0 Å². The summed E-state index contributed by atoms with van der Waals surface area (Å²) in [6, 6.07) is 5.10. The minimum atomic E-state index is -2.91. The van der Waals surface area contributed by atoms with Crippen LogP contribution in [-0.2, 0) is 4.79 Å². The van der Waals surface area contributed by atoms with E-state index in [2.05, 4.69) is 10.1 Å². The molecule has 1 aromatic rings. The highest BCUT2D eigenvalue weighted by molar-refractivity contribution is 5.72. The van der Waals surface area contributed by atoms with Crippen molar-refractivity contribution in [3.8, 4) is 5.75 Å². The number of carbonyl (C=O) groups is 1. The number of hydrogen-bond donors (Lipinski definition) is 2. The van der Waals surface area contributed by atoms with E-state index in [9.17, 15) is 13.6 Å². The molecule has 0 aromatic heterocycles. The Kier molecular flexibility index (Phi) is 5.03. The van der Waals surface area contributed by atoms with Crippen LogP contribution < -0.4 is 10.1 Å². The van der Waals surface area contributed by atoms with Crippen LogP contribution in [0.1, 0.15) is 25.5 Å². The van der Waals surface area contributed by atoms with Gasteiger partial charge in [0.05, 0.1) is 0 Å². The van der Waals surface area contributed by atoms with Gasteiger partial charge >= 0.3 is 12.6 Å².